The van der Waals surface area contributed by atoms with Crippen LogP contribution < -0.4 is 0 Å². The number of Topliss-reactive ketones (excluding diaryl/α,β-unsaturated/α-hetero) is 1. The zero-order valence-electron chi connectivity index (χ0n) is 8.78. The van der Waals surface area contributed by atoms with Crippen LogP contribution in [0.15, 0.2) is 0 Å². The predicted octanol–water partition coefficient (Wildman–Crippen LogP) is 3.87. The molecule has 0 heterocycles. The minimum atomic E-state index is -4.01. The van der Waals surface area contributed by atoms with Gasteiger partial charge < -0.3 is 0 Å². The number of carbonyl (C=O) groups is 1. The van der Waals surface area contributed by atoms with Crippen molar-refractivity contribution in [1.82, 2.24) is 0 Å². The molecule has 0 amide bonds. The van der Waals surface area contributed by atoms with Crippen LogP contribution in [-0.2, 0) is 4.79 Å². The molecule has 0 aromatic heterocycles. The molecule has 1 fully saturated rings. The van der Waals surface area contributed by atoms with Crippen LogP contribution in [0, 0.1) is 5.92 Å². The minimum absolute atomic E-state index is 0.230. The highest BCUT2D eigenvalue weighted by atomic mass is 19.4. The summed E-state index contributed by atoms with van der Waals surface area (Å²) in [6.45, 7) is 0. The molecule has 0 aromatic carbocycles. The lowest BCUT2D eigenvalue weighted by molar-refractivity contribution is -0.135. The second-order valence-electron chi connectivity index (χ2n) is 4.34. The Morgan fingerprint density at radius 1 is 1.13 bits per heavy atom. The van der Waals surface area contributed by atoms with Crippen LogP contribution in [0.4, 0.5) is 13.2 Å². The van der Waals surface area contributed by atoms with Gasteiger partial charge in [-0.2, -0.15) is 13.2 Å². The zero-order valence-corrected chi connectivity index (χ0v) is 8.78. The van der Waals surface area contributed by atoms with Crippen LogP contribution >= 0.6 is 0 Å². The van der Waals surface area contributed by atoms with E-state index < -0.39 is 12.6 Å². The predicted molar refractivity (Wildman–Crippen MR) is 51.5 cm³/mol. The Morgan fingerprint density at radius 2 is 1.73 bits per heavy atom. The maximum absolute atomic E-state index is 11.8. The van der Waals surface area contributed by atoms with Crippen molar-refractivity contribution >= 4 is 5.78 Å². The number of ketones is 1. The van der Waals surface area contributed by atoms with Crippen molar-refractivity contribution in [3.63, 3.8) is 0 Å². The third-order valence-electron chi connectivity index (χ3n) is 2.99. The monoisotopic (exact) mass is 222 g/mol. The topological polar surface area (TPSA) is 17.1 Å². The highest BCUT2D eigenvalue weighted by Gasteiger charge is 2.26. The smallest absolute Gasteiger partial charge is 0.300 e. The first kappa shape index (κ1) is 12.5. The Bertz CT molecular complexity index is 200. The van der Waals surface area contributed by atoms with Crippen LogP contribution in [0.2, 0.25) is 0 Å². The van der Waals surface area contributed by atoms with E-state index in [4.69, 9.17) is 0 Å². The molecule has 4 heteroatoms. The SMILES string of the molecule is O=C1CCC(CCCCC(F)(F)F)CC1. The molecule has 88 valence electrons. The summed E-state index contributed by atoms with van der Waals surface area (Å²) >= 11 is 0. The summed E-state index contributed by atoms with van der Waals surface area (Å²) in [5.41, 5.74) is 0. The molecule has 1 aliphatic rings. The van der Waals surface area contributed by atoms with Gasteiger partial charge in [0.05, 0.1) is 0 Å². The quantitative estimate of drug-likeness (QED) is 0.660. The normalized spacial score (nSPS) is 19.5. The first-order chi connectivity index (χ1) is 6.97. The van der Waals surface area contributed by atoms with Crippen molar-refractivity contribution in [2.45, 2.75) is 57.5 Å². The lowest BCUT2D eigenvalue weighted by atomic mass is 9.85. The summed E-state index contributed by atoms with van der Waals surface area (Å²) in [6, 6.07) is 0. The van der Waals surface area contributed by atoms with E-state index in [0.717, 1.165) is 19.3 Å². The molecule has 0 saturated heterocycles. The molecule has 0 N–H and O–H groups in total. The lowest BCUT2D eigenvalue weighted by Gasteiger charge is -2.20. The zero-order chi connectivity index (χ0) is 11.3. The molecule has 1 saturated carbocycles. The van der Waals surface area contributed by atoms with Gasteiger partial charge in [0.1, 0.15) is 5.78 Å². The number of alkyl halides is 3. The summed E-state index contributed by atoms with van der Waals surface area (Å²) in [4.78, 5) is 10.9. The van der Waals surface area contributed by atoms with E-state index in [-0.39, 0.29) is 6.42 Å². The summed E-state index contributed by atoms with van der Waals surface area (Å²) < 4.78 is 35.5. The molecule has 0 aliphatic heterocycles. The Kier molecular flexibility index (Phi) is 4.61. The third kappa shape index (κ3) is 5.80. The number of hydrogen-bond donors (Lipinski definition) is 0. The van der Waals surface area contributed by atoms with Crippen molar-refractivity contribution in [1.29, 1.82) is 0 Å². The van der Waals surface area contributed by atoms with Crippen molar-refractivity contribution in [2.24, 2.45) is 5.92 Å². The number of rotatable bonds is 4. The van der Waals surface area contributed by atoms with E-state index in [9.17, 15) is 18.0 Å². The molecule has 0 unspecified atom stereocenters. The fraction of sp³-hybridized carbons (Fsp3) is 0.909. The second kappa shape index (κ2) is 5.52. The number of halogens is 3. The molecule has 0 spiro atoms. The van der Waals surface area contributed by atoms with Gasteiger partial charge in [0.2, 0.25) is 0 Å². The van der Waals surface area contributed by atoms with Gasteiger partial charge in [0, 0.05) is 19.3 Å². The molecule has 15 heavy (non-hydrogen) atoms. The fourth-order valence-electron chi connectivity index (χ4n) is 2.05. The van der Waals surface area contributed by atoms with Gasteiger partial charge in [-0.25, -0.2) is 0 Å². The number of hydrogen-bond acceptors (Lipinski definition) is 1. The van der Waals surface area contributed by atoms with Gasteiger partial charge in [-0.15, -0.1) is 0 Å². The summed E-state index contributed by atoms with van der Waals surface area (Å²) in [7, 11) is 0. The molecule has 0 atom stereocenters. The molecule has 1 aliphatic carbocycles. The van der Waals surface area contributed by atoms with Crippen LogP contribution in [0.25, 0.3) is 0 Å². The van der Waals surface area contributed by atoms with Crippen molar-refractivity contribution in [2.75, 3.05) is 0 Å². The van der Waals surface area contributed by atoms with E-state index in [2.05, 4.69) is 0 Å². The van der Waals surface area contributed by atoms with Gasteiger partial charge in [0.25, 0.3) is 0 Å². The second-order valence-corrected chi connectivity index (χ2v) is 4.34. The largest absolute Gasteiger partial charge is 0.389 e. The molecular weight excluding hydrogens is 205 g/mol. The van der Waals surface area contributed by atoms with Crippen LogP contribution in [-0.4, -0.2) is 12.0 Å². The Hall–Kier alpha value is -0.540. The Balaban J connectivity index is 2.03. The highest BCUT2D eigenvalue weighted by Crippen LogP contribution is 2.28. The molecule has 0 bridgehead atoms. The molecular formula is C11H17F3O. The maximum atomic E-state index is 11.8. The summed E-state index contributed by atoms with van der Waals surface area (Å²) in [5.74, 6) is 0.789. The fourth-order valence-corrected chi connectivity index (χ4v) is 2.05. The van der Waals surface area contributed by atoms with Crippen LogP contribution in [0.5, 0.6) is 0 Å². The number of unbranched alkanes of at least 4 members (excludes halogenated alkanes) is 1. The average Bonchev–Trinajstić information content (AvgIpc) is 2.14. The Morgan fingerprint density at radius 3 is 2.27 bits per heavy atom. The molecule has 1 nitrogen and oxygen atoms in total. The van der Waals surface area contributed by atoms with E-state index in [0.29, 0.717) is 31.0 Å². The van der Waals surface area contributed by atoms with Gasteiger partial charge in [-0.3, -0.25) is 4.79 Å². The standard InChI is InChI=1S/C11H17F3O/c12-11(13,14)8-2-1-3-9-4-6-10(15)7-5-9/h9H,1-8H2. The lowest BCUT2D eigenvalue weighted by Crippen LogP contribution is -2.14. The molecule has 0 aromatic rings. The van der Waals surface area contributed by atoms with Crippen molar-refractivity contribution in [3.8, 4) is 0 Å². The highest BCUT2D eigenvalue weighted by molar-refractivity contribution is 5.78. The van der Waals surface area contributed by atoms with Gasteiger partial charge in [0.15, 0.2) is 0 Å². The third-order valence-corrected chi connectivity index (χ3v) is 2.99. The minimum Gasteiger partial charge on any atom is -0.300 e. The summed E-state index contributed by atoms with van der Waals surface area (Å²) in [6.07, 6.45) is 0.0560. The van der Waals surface area contributed by atoms with E-state index in [1.54, 1.807) is 0 Å². The van der Waals surface area contributed by atoms with E-state index >= 15 is 0 Å². The van der Waals surface area contributed by atoms with Gasteiger partial charge in [-0.1, -0.05) is 12.8 Å². The van der Waals surface area contributed by atoms with Crippen LogP contribution in [0.1, 0.15) is 51.4 Å². The molecule has 1 rings (SSSR count). The first-order valence-electron chi connectivity index (χ1n) is 5.56. The molecule has 0 radical (unpaired) electrons. The summed E-state index contributed by atoms with van der Waals surface area (Å²) in [5, 5.41) is 0. The van der Waals surface area contributed by atoms with Gasteiger partial charge >= 0.3 is 6.18 Å². The van der Waals surface area contributed by atoms with E-state index in [1.807, 2.05) is 0 Å². The maximum Gasteiger partial charge on any atom is 0.389 e. The van der Waals surface area contributed by atoms with Crippen LogP contribution in [0.3, 0.4) is 0 Å². The van der Waals surface area contributed by atoms with E-state index in [1.165, 1.54) is 0 Å². The van der Waals surface area contributed by atoms with Crippen molar-refractivity contribution in [3.05, 3.63) is 0 Å². The number of carbonyl (C=O) groups excluding carboxylic acids is 1. The van der Waals surface area contributed by atoms with Crippen molar-refractivity contribution < 1.29 is 18.0 Å². The van der Waals surface area contributed by atoms with Gasteiger partial charge in [-0.05, 0) is 25.2 Å². The Labute approximate surface area is 88.0 Å². The average molecular weight is 222 g/mol. The first-order valence-corrected chi connectivity index (χ1v) is 5.56.